The number of aromatic nitrogens is 2. The number of ether oxygens (including phenoxy) is 1. The first-order valence-corrected chi connectivity index (χ1v) is 4.73. The lowest BCUT2D eigenvalue weighted by molar-refractivity contribution is 0.0600. The zero-order valence-corrected chi connectivity index (χ0v) is 8.96. The van der Waals surface area contributed by atoms with Gasteiger partial charge in [0.1, 0.15) is 5.52 Å². The van der Waals surface area contributed by atoms with Gasteiger partial charge in [0.25, 0.3) is 0 Å². The Bertz CT molecular complexity index is 493. The molecule has 0 saturated carbocycles. The van der Waals surface area contributed by atoms with Crippen molar-refractivity contribution in [2.75, 3.05) is 7.11 Å². The highest BCUT2D eigenvalue weighted by Crippen LogP contribution is 2.25. The molecule has 0 spiro atoms. The molecule has 0 aliphatic rings. The highest BCUT2D eigenvalue weighted by Gasteiger charge is 2.13. The average Bonchev–Trinajstić information content (AvgIpc) is 2.66. The second-order valence-electron chi connectivity index (χ2n) is 2.72. The average molecular weight is 255 g/mol. The van der Waals surface area contributed by atoms with Crippen molar-refractivity contribution in [2.45, 2.75) is 0 Å². The molecule has 0 amide bonds. The van der Waals surface area contributed by atoms with Gasteiger partial charge < -0.3 is 9.72 Å². The Kier molecular flexibility index (Phi) is 2.25. The van der Waals surface area contributed by atoms with Gasteiger partial charge in [0.15, 0.2) is 0 Å². The van der Waals surface area contributed by atoms with Gasteiger partial charge in [-0.25, -0.2) is 9.78 Å². The minimum Gasteiger partial charge on any atom is -0.465 e. The summed E-state index contributed by atoms with van der Waals surface area (Å²) in [5.41, 5.74) is 2.09. The fourth-order valence-corrected chi connectivity index (χ4v) is 1.85. The highest BCUT2D eigenvalue weighted by atomic mass is 79.9. The van der Waals surface area contributed by atoms with Crippen molar-refractivity contribution >= 4 is 32.9 Å². The number of H-pyrrole nitrogens is 1. The van der Waals surface area contributed by atoms with Crippen LogP contribution in [0.15, 0.2) is 22.9 Å². The van der Waals surface area contributed by atoms with E-state index in [-0.39, 0.29) is 5.97 Å². The lowest BCUT2D eigenvalue weighted by Crippen LogP contribution is -2.02. The highest BCUT2D eigenvalue weighted by molar-refractivity contribution is 9.10. The van der Waals surface area contributed by atoms with Gasteiger partial charge >= 0.3 is 5.97 Å². The predicted octanol–water partition coefficient (Wildman–Crippen LogP) is 2.11. The molecule has 2 aromatic rings. The summed E-state index contributed by atoms with van der Waals surface area (Å²) >= 11 is 3.32. The molecule has 5 heteroatoms. The second-order valence-corrected chi connectivity index (χ2v) is 3.51. The number of halogens is 1. The molecular formula is C9H7BrN2O2. The molecule has 1 N–H and O–H groups in total. The van der Waals surface area contributed by atoms with Crippen LogP contribution in [-0.2, 0) is 4.74 Å². The van der Waals surface area contributed by atoms with Crippen LogP contribution in [0.1, 0.15) is 10.4 Å². The van der Waals surface area contributed by atoms with Crippen molar-refractivity contribution in [2.24, 2.45) is 0 Å². The van der Waals surface area contributed by atoms with Crippen molar-refractivity contribution in [3.05, 3.63) is 28.5 Å². The quantitative estimate of drug-likeness (QED) is 0.794. The summed E-state index contributed by atoms with van der Waals surface area (Å²) in [4.78, 5) is 18.3. The topological polar surface area (TPSA) is 55.0 Å². The summed E-state index contributed by atoms with van der Waals surface area (Å²) in [7, 11) is 1.35. The third-order valence-corrected chi connectivity index (χ3v) is 2.74. The number of aromatic amines is 1. The minimum absolute atomic E-state index is 0.373. The molecule has 1 heterocycles. The fraction of sp³-hybridized carbons (Fsp3) is 0.111. The molecule has 0 bridgehead atoms. The van der Waals surface area contributed by atoms with E-state index < -0.39 is 0 Å². The maximum atomic E-state index is 11.3. The number of imidazole rings is 1. The normalized spacial score (nSPS) is 10.4. The molecule has 72 valence electrons. The van der Waals surface area contributed by atoms with Gasteiger partial charge in [0, 0.05) is 0 Å². The lowest BCUT2D eigenvalue weighted by Gasteiger charge is -2.01. The van der Waals surface area contributed by atoms with E-state index in [4.69, 9.17) is 0 Å². The molecule has 0 fully saturated rings. The summed E-state index contributed by atoms with van der Waals surface area (Å²) in [6.07, 6.45) is 1.58. The summed E-state index contributed by atoms with van der Waals surface area (Å²) in [6.45, 7) is 0. The van der Waals surface area contributed by atoms with E-state index in [1.54, 1.807) is 18.5 Å². The number of hydrogen-bond donors (Lipinski definition) is 1. The van der Waals surface area contributed by atoms with Gasteiger partial charge in [0.2, 0.25) is 0 Å². The third-order valence-electron chi connectivity index (χ3n) is 1.94. The number of nitrogens with zero attached hydrogens (tertiary/aromatic N) is 1. The first-order valence-electron chi connectivity index (χ1n) is 3.94. The lowest BCUT2D eigenvalue weighted by atomic mass is 10.2. The Morgan fingerprint density at radius 3 is 3.07 bits per heavy atom. The van der Waals surface area contributed by atoms with Crippen molar-refractivity contribution in [1.29, 1.82) is 0 Å². The van der Waals surface area contributed by atoms with Gasteiger partial charge in [-0.3, -0.25) is 0 Å². The summed E-state index contributed by atoms with van der Waals surface area (Å²) in [5.74, 6) is -0.373. The van der Waals surface area contributed by atoms with Crippen LogP contribution >= 0.6 is 15.9 Å². The fourth-order valence-electron chi connectivity index (χ4n) is 1.24. The number of methoxy groups -OCH3 is 1. The number of fused-ring (bicyclic) bond motifs is 1. The van der Waals surface area contributed by atoms with Crippen LogP contribution < -0.4 is 0 Å². The van der Waals surface area contributed by atoms with Crippen LogP contribution in [-0.4, -0.2) is 23.0 Å². The molecule has 0 unspecified atom stereocenters. The van der Waals surface area contributed by atoms with Crippen LogP contribution in [0, 0.1) is 0 Å². The molecule has 4 nitrogen and oxygen atoms in total. The summed E-state index contributed by atoms with van der Waals surface area (Å²) in [5, 5.41) is 0. The maximum Gasteiger partial charge on any atom is 0.339 e. The number of benzene rings is 1. The molecule has 0 saturated heterocycles. The summed E-state index contributed by atoms with van der Waals surface area (Å²) in [6, 6.07) is 3.48. The minimum atomic E-state index is -0.373. The molecule has 1 aromatic heterocycles. The Balaban J connectivity index is 2.67. The number of hydrogen-bond acceptors (Lipinski definition) is 3. The van der Waals surface area contributed by atoms with Crippen molar-refractivity contribution < 1.29 is 9.53 Å². The predicted molar refractivity (Wildman–Crippen MR) is 55.1 cm³/mol. The molecule has 0 aliphatic carbocycles. The first kappa shape index (κ1) is 9.21. The van der Waals surface area contributed by atoms with Crippen LogP contribution in [0.4, 0.5) is 0 Å². The third kappa shape index (κ3) is 1.29. The van der Waals surface area contributed by atoms with Crippen LogP contribution in [0.2, 0.25) is 0 Å². The molecule has 0 radical (unpaired) electrons. The van der Waals surface area contributed by atoms with Gasteiger partial charge in [-0.1, -0.05) is 0 Å². The van der Waals surface area contributed by atoms with E-state index in [2.05, 4.69) is 30.6 Å². The number of carbonyl (C=O) groups excluding carboxylic acids is 1. The SMILES string of the molecule is COC(=O)c1ccc2[nH]cnc2c1Br. The molecule has 2 rings (SSSR count). The molecule has 0 atom stereocenters. The van der Waals surface area contributed by atoms with Crippen LogP contribution in [0.5, 0.6) is 0 Å². The zero-order valence-electron chi connectivity index (χ0n) is 7.37. The number of nitrogens with one attached hydrogen (secondary N) is 1. The van der Waals surface area contributed by atoms with Crippen LogP contribution in [0.3, 0.4) is 0 Å². The van der Waals surface area contributed by atoms with Gasteiger partial charge in [0.05, 0.1) is 29.0 Å². The van der Waals surface area contributed by atoms with Crippen LogP contribution in [0.25, 0.3) is 11.0 Å². The molecule has 14 heavy (non-hydrogen) atoms. The van der Waals surface area contributed by atoms with E-state index in [0.29, 0.717) is 10.0 Å². The Hall–Kier alpha value is -1.36. The number of carbonyl (C=O) groups is 1. The first-order chi connectivity index (χ1) is 6.74. The van der Waals surface area contributed by atoms with Crippen molar-refractivity contribution in [3.63, 3.8) is 0 Å². The van der Waals surface area contributed by atoms with Crippen molar-refractivity contribution in [3.8, 4) is 0 Å². The Morgan fingerprint density at radius 1 is 1.57 bits per heavy atom. The van der Waals surface area contributed by atoms with Crippen molar-refractivity contribution in [1.82, 2.24) is 9.97 Å². The second kappa shape index (κ2) is 3.42. The maximum absolute atomic E-state index is 11.3. The molecule has 1 aromatic carbocycles. The van der Waals surface area contributed by atoms with Gasteiger partial charge in [-0.2, -0.15) is 0 Å². The molecule has 0 aliphatic heterocycles. The van der Waals surface area contributed by atoms with E-state index in [1.165, 1.54) is 7.11 Å². The van der Waals surface area contributed by atoms with Gasteiger partial charge in [-0.15, -0.1) is 0 Å². The number of esters is 1. The van der Waals surface area contributed by atoms with E-state index >= 15 is 0 Å². The van der Waals surface area contributed by atoms with E-state index in [9.17, 15) is 4.79 Å². The standard InChI is InChI=1S/C9H7BrN2O2/c1-14-9(13)5-2-3-6-8(7(5)10)12-4-11-6/h2-4H,1H3,(H,11,12). The Labute approximate surface area is 88.4 Å². The largest absolute Gasteiger partial charge is 0.465 e. The smallest absolute Gasteiger partial charge is 0.339 e. The Morgan fingerprint density at radius 2 is 2.36 bits per heavy atom. The van der Waals surface area contributed by atoms with Gasteiger partial charge in [-0.05, 0) is 28.1 Å². The molecular weight excluding hydrogens is 248 g/mol. The summed E-state index contributed by atoms with van der Waals surface area (Å²) < 4.78 is 5.29. The van der Waals surface area contributed by atoms with E-state index in [1.807, 2.05) is 0 Å². The number of rotatable bonds is 1. The zero-order chi connectivity index (χ0) is 10.1. The monoisotopic (exact) mass is 254 g/mol. The van der Waals surface area contributed by atoms with E-state index in [0.717, 1.165) is 11.0 Å².